The van der Waals surface area contributed by atoms with Gasteiger partial charge in [0.1, 0.15) is 6.61 Å². The molecule has 0 spiro atoms. The molecule has 0 aromatic carbocycles. The van der Waals surface area contributed by atoms with E-state index in [9.17, 15) is 9.59 Å². The molecule has 0 unspecified atom stereocenters. The fourth-order valence-corrected chi connectivity index (χ4v) is 1.79. The van der Waals surface area contributed by atoms with E-state index in [1.165, 1.54) is 6.08 Å². The number of hydrogen-bond acceptors (Lipinski definition) is 3. The van der Waals surface area contributed by atoms with Crippen LogP contribution in [0.5, 0.6) is 0 Å². The zero-order valence-corrected chi connectivity index (χ0v) is 9.44. The number of carbonyl (C=O) groups excluding carboxylic acids is 1. The Morgan fingerprint density at radius 3 is 2.69 bits per heavy atom. The normalized spacial score (nSPS) is 17.4. The zero-order valence-electron chi connectivity index (χ0n) is 9.44. The van der Waals surface area contributed by atoms with Gasteiger partial charge in [0, 0.05) is 24.9 Å². The Kier molecular flexibility index (Phi) is 3.93. The molecule has 0 atom stereocenters. The molecule has 1 heterocycles. The molecule has 0 aromatic heterocycles. The number of aliphatic carboxylic acids is 1. The van der Waals surface area contributed by atoms with Crippen LogP contribution in [0.1, 0.15) is 19.8 Å². The number of rotatable bonds is 5. The highest BCUT2D eigenvalue weighted by atomic mass is 16.6. The predicted molar refractivity (Wildman–Crippen MR) is 58.1 cm³/mol. The van der Waals surface area contributed by atoms with Gasteiger partial charge in [-0.3, -0.25) is 4.79 Å². The van der Waals surface area contributed by atoms with E-state index in [2.05, 4.69) is 6.58 Å². The van der Waals surface area contributed by atoms with Gasteiger partial charge in [0.2, 0.25) is 0 Å². The molecule has 0 saturated carbocycles. The number of carbonyl (C=O) groups is 2. The van der Waals surface area contributed by atoms with Crippen LogP contribution in [-0.2, 0) is 9.53 Å². The number of amides is 1. The van der Waals surface area contributed by atoms with E-state index in [1.54, 1.807) is 4.90 Å². The summed E-state index contributed by atoms with van der Waals surface area (Å²) in [6.45, 7) is 6.77. The lowest BCUT2D eigenvalue weighted by Crippen LogP contribution is -2.57. The van der Waals surface area contributed by atoms with Crippen LogP contribution in [0, 0.1) is 5.41 Å². The van der Waals surface area contributed by atoms with Crippen molar-refractivity contribution in [3.05, 3.63) is 12.7 Å². The monoisotopic (exact) mass is 227 g/mol. The largest absolute Gasteiger partial charge is 0.481 e. The van der Waals surface area contributed by atoms with Crippen molar-refractivity contribution in [2.45, 2.75) is 19.8 Å². The third-order valence-corrected chi connectivity index (χ3v) is 2.67. The van der Waals surface area contributed by atoms with Crippen LogP contribution >= 0.6 is 0 Å². The lowest BCUT2D eigenvalue weighted by atomic mass is 9.78. The van der Waals surface area contributed by atoms with Gasteiger partial charge >= 0.3 is 12.1 Å². The van der Waals surface area contributed by atoms with Gasteiger partial charge in [0.15, 0.2) is 0 Å². The molecule has 0 radical (unpaired) electrons. The van der Waals surface area contributed by atoms with Crippen LogP contribution in [0.3, 0.4) is 0 Å². The summed E-state index contributed by atoms with van der Waals surface area (Å²) >= 11 is 0. The Morgan fingerprint density at radius 2 is 2.19 bits per heavy atom. The maximum Gasteiger partial charge on any atom is 0.410 e. The number of carboxylic acid groups (broad SMARTS) is 1. The molecule has 16 heavy (non-hydrogen) atoms. The van der Waals surface area contributed by atoms with Crippen molar-refractivity contribution in [3.63, 3.8) is 0 Å². The molecule has 1 amide bonds. The molecule has 1 saturated heterocycles. The minimum Gasteiger partial charge on any atom is -0.481 e. The first kappa shape index (κ1) is 12.5. The minimum absolute atomic E-state index is 0.0778. The lowest BCUT2D eigenvalue weighted by Gasteiger charge is -2.47. The molecule has 0 aromatic rings. The topological polar surface area (TPSA) is 66.8 Å². The van der Waals surface area contributed by atoms with Crippen molar-refractivity contribution < 1.29 is 19.4 Å². The summed E-state index contributed by atoms with van der Waals surface area (Å²) in [6, 6.07) is 0. The summed E-state index contributed by atoms with van der Waals surface area (Å²) in [5.41, 5.74) is -0.0778. The van der Waals surface area contributed by atoms with Crippen LogP contribution in [0.2, 0.25) is 0 Å². The Morgan fingerprint density at radius 1 is 1.56 bits per heavy atom. The average molecular weight is 227 g/mol. The van der Waals surface area contributed by atoms with Gasteiger partial charge in [-0.2, -0.15) is 0 Å². The highest BCUT2D eigenvalue weighted by Crippen LogP contribution is 2.34. The van der Waals surface area contributed by atoms with E-state index in [-0.39, 0.29) is 24.5 Å². The van der Waals surface area contributed by atoms with Gasteiger partial charge in [-0.05, 0) is 6.42 Å². The Hall–Kier alpha value is -1.52. The SMILES string of the molecule is C=CCOC(=O)N1CC(C)(CCC(=O)O)C1. The summed E-state index contributed by atoms with van der Waals surface area (Å²) in [5.74, 6) is -0.797. The fraction of sp³-hybridized carbons (Fsp3) is 0.636. The quantitative estimate of drug-likeness (QED) is 0.723. The Bertz CT molecular complexity index is 294. The van der Waals surface area contributed by atoms with Crippen molar-refractivity contribution in [2.24, 2.45) is 5.41 Å². The molecule has 1 aliphatic heterocycles. The molecule has 1 N–H and O–H groups in total. The van der Waals surface area contributed by atoms with Gasteiger partial charge in [-0.15, -0.1) is 0 Å². The summed E-state index contributed by atoms with van der Waals surface area (Å²) < 4.78 is 4.87. The molecular weight excluding hydrogens is 210 g/mol. The molecule has 90 valence electrons. The number of ether oxygens (including phenoxy) is 1. The first-order valence-electron chi connectivity index (χ1n) is 5.21. The molecule has 5 nitrogen and oxygen atoms in total. The summed E-state index contributed by atoms with van der Waals surface area (Å²) in [7, 11) is 0. The first-order valence-corrected chi connectivity index (χ1v) is 5.21. The van der Waals surface area contributed by atoms with E-state index in [0.29, 0.717) is 19.5 Å². The minimum atomic E-state index is -0.797. The van der Waals surface area contributed by atoms with E-state index < -0.39 is 5.97 Å². The van der Waals surface area contributed by atoms with Crippen LogP contribution in [-0.4, -0.2) is 41.8 Å². The summed E-state index contributed by atoms with van der Waals surface area (Å²) in [5, 5.41) is 8.57. The predicted octanol–water partition coefficient (Wildman–Crippen LogP) is 1.50. The smallest absolute Gasteiger partial charge is 0.410 e. The second-order valence-electron chi connectivity index (χ2n) is 4.43. The van der Waals surface area contributed by atoms with E-state index >= 15 is 0 Å². The highest BCUT2D eigenvalue weighted by molar-refractivity contribution is 5.69. The van der Waals surface area contributed by atoms with Gasteiger partial charge in [0.05, 0.1) is 0 Å². The zero-order chi connectivity index (χ0) is 12.2. The summed E-state index contributed by atoms with van der Waals surface area (Å²) in [6.07, 6.45) is 1.90. The van der Waals surface area contributed by atoms with Crippen molar-refractivity contribution >= 4 is 12.1 Å². The molecule has 1 aliphatic rings. The number of hydrogen-bond donors (Lipinski definition) is 1. The molecule has 1 rings (SSSR count). The van der Waals surface area contributed by atoms with E-state index in [4.69, 9.17) is 9.84 Å². The van der Waals surface area contributed by atoms with Crippen molar-refractivity contribution in [2.75, 3.05) is 19.7 Å². The molecule has 0 aliphatic carbocycles. The van der Waals surface area contributed by atoms with Gasteiger partial charge < -0.3 is 14.7 Å². The average Bonchev–Trinajstić information content (AvgIpc) is 2.19. The highest BCUT2D eigenvalue weighted by Gasteiger charge is 2.41. The summed E-state index contributed by atoms with van der Waals surface area (Å²) in [4.78, 5) is 23.4. The molecule has 0 bridgehead atoms. The second-order valence-corrected chi connectivity index (χ2v) is 4.43. The van der Waals surface area contributed by atoms with Gasteiger partial charge in [-0.1, -0.05) is 19.6 Å². The van der Waals surface area contributed by atoms with Gasteiger partial charge in [-0.25, -0.2) is 4.79 Å². The van der Waals surface area contributed by atoms with Crippen molar-refractivity contribution in [1.82, 2.24) is 4.90 Å². The molecule has 1 fully saturated rings. The molecular formula is C11H17NO4. The third-order valence-electron chi connectivity index (χ3n) is 2.67. The maximum absolute atomic E-state index is 11.3. The number of nitrogens with zero attached hydrogens (tertiary/aromatic N) is 1. The number of likely N-dealkylation sites (tertiary alicyclic amines) is 1. The van der Waals surface area contributed by atoms with Crippen molar-refractivity contribution in [3.8, 4) is 0 Å². The van der Waals surface area contributed by atoms with Crippen molar-refractivity contribution in [1.29, 1.82) is 0 Å². The van der Waals surface area contributed by atoms with Crippen LogP contribution < -0.4 is 0 Å². The van der Waals surface area contributed by atoms with E-state index in [1.807, 2.05) is 6.92 Å². The molecule has 5 heteroatoms. The number of carboxylic acids is 1. The van der Waals surface area contributed by atoms with E-state index in [0.717, 1.165) is 0 Å². The second kappa shape index (κ2) is 5.01. The Balaban J connectivity index is 2.27. The maximum atomic E-state index is 11.3. The first-order chi connectivity index (χ1) is 7.47. The van der Waals surface area contributed by atoms with Crippen LogP contribution in [0.25, 0.3) is 0 Å². The third kappa shape index (κ3) is 3.25. The standard InChI is InChI=1S/C11H17NO4/c1-3-6-16-10(15)12-7-11(2,8-12)5-4-9(13)14/h3H,1,4-8H2,2H3,(H,13,14). The Labute approximate surface area is 94.7 Å². The lowest BCUT2D eigenvalue weighted by molar-refractivity contribution is -0.138. The van der Waals surface area contributed by atoms with Gasteiger partial charge in [0.25, 0.3) is 0 Å². The van der Waals surface area contributed by atoms with Crippen LogP contribution in [0.4, 0.5) is 4.79 Å². The fourth-order valence-electron chi connectivity index (χ4n) is 1.79. The van der Waals surface area contributed by atoms with Crippen LogP contribution in [0.15, 0.2) is 12.7 Å².